The maximum atomic E-state index is 11.9. The van der Waals surface area contributed by atoms with Gasteiger partial charge >= 0.3 is 6.03 Å². The Kier molecular flexibility index (Phi) is 7.92. The first-order valence-electron chi connectivity index (χ1n) is 8.92. The summed E-state index contributed by atoms with van der Waals surface area (Å²) in [6.45, 7) is 8.56. The molecule has 1 heterocycles. The third kappa shape index (κ3) is 6.93. The van der Waals surface area contributed by atoms with Crippen molar-refractivity contribution in [1.82, 2.24) is 20.5 Å². The summed E-state index contributed by atoms with van der Waals surface area (Å²) in [5, 5.41) is 5.76. The Morgan fingerprint density at radius 1 is 1.00 bits per heavy atom. The molecule has 1 aromatic carbocycles. The van der Waals surface area contributed by atoms with Crippen LogP contribution in [0.1, 0.15) is 30.5 Å². The van der Waals surface area contributed by atoms with Gasteiger partial charge < -0.3 is 10.6 Å². The number of nitrogens with one attached hydrogen (secondary N) is 2. The summed E-state index contributed by atoms with van der Waals surface area (Å²) in [5.74, 6) is 0. The summed E-state index contributed by atoms with van der Waals surface area (Å²) < 4.78 is 0. The van der Waals surface area contributed by atoms with E-state index in [4.69, 9.17) is 0 Å². The number of urea groups is 1. The first kappa shape index (κ1) is 18.9. The predicted molar refractivity (Wildman–Crippen MR) is 101 cm³/mol. The number of amides is 2. The zero-order chi connectivity index (χ0) is 17.9. The number of rotatable bonds is 9. The molecule has 0 saturated carbocycles. The molecule has 2 N–H and O–H groups in total. The fourth-order valence-corrected chi connectivity index (χ4v) is 2.58. The van der Waals surface area contributed by atoms with Gasteiger partial charge in [-0.1, -0.05) is 44.2 Å². The van der Waals surface area contributed by atoms with E-state index in [9.17, 15) is 4.79 Å². The van der Waals surface area contributed by atoms with E-state index in [0.717, 1.165) is 37.2 Å². The van der Waals surface area contributed by atoms with Gasteiger partial charge in [-0.05, 0) is 42.3 Å². The fourth-order valence-electron chi connectivity index (χ4n) is 2.58. The Balaban J connectivity index is 1.69. The molecule has 0 aliphatic heterocycles. The average Bonchev–Trinajstić information content (AvgIpc) is 2.66. The molecule has 0 aliphatic rings. The van der Waals surface area contributed by atoms with E-state index in [2.05, 4.69) is 58.6 Å². The van der Waals surface area contributed by atoms with Gasteiger partial charge in [-0.2, -0.15) is 0 Å². The van der Waals surface area contributed by atoms with Crippen molar-refractivity contribution in [2.24, 2.45) is 0 Å². The minimum atomic E-state index is -0.142. The molecule has 2 rings (SSSR count). The minimum Gasteiger partial charge on any atom is -0.338 e. The van der Waals surface area contributed by atoms with Gasteiger partial charge in [-0.25, -0.2) is 4.79 Å². The first-order chi connectivity index (χ1) is 12.2. The smallest absolute Gasteiger partial charge is 0.315 e. The molecule has 0 unspecified atom stereocenters. The van der Waals surface area contributed by atoms with Crippen molar-refractivity contribution in [1.29, 1.82) is 0 Å². The second kappa shape index (κ2) is 10.5. The Morgan fingerprint density at radius 3 is 2.36 bits per heavy atom. The van der Waals surface area contributed by atoms with Crippen molar-refractivity contribution in [3.63, 3.8) is 0 Å². The van der Waals surface area contributed by atoms with Crippen molar-refractivity contribution in [2.45, 2.75) is 33.4 Å². The molecule has 2 aromatic rings. The molecule has 0 atom stereocenters. The number of benzene rings is 1. The molecule has 0 saturated heterocycles. The minimum absolute atomic E-state index is 0.142. The summed E-state index contributed by atoms with van der Waals surface area (Å²) in [4.78, 5) is 18.3. The molecule has 0 spiro atoms. The number of hydrogen-bond donors (Lipinski definition) is 2. The highest BCUT2D eigenvalue weighted by Crippen LogP contribution is 2.07. The van der Waals surface area contributed by atoms with Crippen molar-refractivity contribution < 1.29 is 4.79 Å². The third-order valence-corrected chi connectivity index (χ3v) is 4.20. The van der Waals surface area contributed by atoms with Crippen LogP contribution in [0.5, 0.6) is 0 Å². The average molecular weight is 340 g/mol. The maximum Gasteiger partial charge on any atom is 0.315 e. The summed E-state index contributed by atoms with van der Waals surface area (Å²) in [5.41, 5.74) is 3.52. The van der Waals surface area contributed by atoms with Crippen LogP contribution in [0.25, 0.3) is 0 Å². The van der Waals surface area contributed by atoms with E-state index in [1.54, 1.807) is 6.20 Å². The number of carbonyl (C=O) groups excluding carboxylic acids is 1. The van der Waals surface area contributed by atoms with E-state index in [1.807, 2.05) is 18.3 Å². The standard InChI is InChI=1S/C20H28N4O/c1-3-24(4-2)16-19-9-7-18(8-10-19)15-23-20(25)22-13-11-17-6-5-12-21-14-17/h5-10,12,14H,3-4,11,13,15-16H2,1-2H3,(H2,22,23,25). The highest BCUT2D eigenvalue weighted by Gasteiger charge is 2.03. The van der Waals surface area contributed by atoms with Gasteiger partial charge in [0.25, 0.3) is 0 Å². The second-order valence-electron chi connectivity index (χ2n) is 6.00. The zero-order valence-corrected chi connectivity index (χ0v) is 15.2. The van der Waals surface area contributed by atoms with E-state index in [-0.39, 0.29) is 6.03 Å². The lowest BCUT2D eigenvalue weighted by Gasteiger charge is -2.18. The third-order valence-electron chi connectivity index (χ3n) is 4.20. The van der Waals surface area contributed by atoms with Gasteiger partial charge in [0.15, 0.2) is 0 Å². The fraction of sp³-hybridized carbons (Fsp3) is 0.400. The van der Waals surface area contributed by atoms with Gasteiger partial charge in [0.2, 0.25) is 0 Å². The van der Waals surface area contributed by atoms with Crippen LogP contribution < -0.4 is 10.6 Å². The topological polar surface area (TPSA) is 57.3 Å². The van der Waals surface area contributed by atoms with Crippen molar-refractivity contribution in [2.75, 3.05) is 19.6 Å². The summed E-state index contributed by atoms with van der Waals surface area (Å²) in [6.07, 6.45) is 4.34. The Morgan fingerprint density at radius 2 is 1.72 bits per heavy atom. The number of carbonyl (C=O) groups is 1. The van der Waals surface area contributed by atoms with Crippen LogP contribution in [-0.4, -0.2) is 35.5 Å². The van der Waals surface area contributed by atoms with Crippen molar-refractivity contribution in [3.8, 4) is 0 Å². The molecule has 5 heteroatoms. The van der Waals surface area contributed by atoms with E-state index in [1.165, 1.54) is 5.56 Å². The Bertz CT molecular complexity index is 624. The molecule has 0 bridgehead atoms. The van der Waals surface area contributed by atoms with Crippen LogP contribution in [0, 0.1) is 0 Å². The van der Waals surface area contributed by atoms with Gasteiger partial charge in [0.1, 0.15) is 0 Å². The lowest BCUT2D eigenvalue weighted by atomic mass is 10.1. The molecular weight excluding hydrogens is 312 g/mol. The van der Waals surface area contributed by atoms with Crippen molar-refractivity contribution in [3.05, 3.63) is 65.5 Å². The van der Waals surface area contributed by atoms with Crippen LogP contribution in [0.3, 0.4) is 0 Å². The molecule has 5 nitrogen and oxygen atoms in total. The monoisotopic (exact) mass is 340 g/mol. The second-order valence-corrected chi connectivity index (χ2v) is 6.00. The molecule has 0 radical (unpaired) electrons. The summed E-state index contributed by atoms with van der Waals surface area (Å²) in [6, 6.07) is 12.2. The SMILES string of the molecule is CCN(CC)Cc1ccc(CNC(=O)NCCc2cccnc2)cc1. The van der Waals surface area contributed by atoms with Gasteiger partial charge in [-0.15, -0.1) is 0 Å². The van der Waals surface area contributed by atoms with Gasteiger partial charge in [-0.3, -0.25) is 9.88 Å². The number of nitrogens with zero attached hydrogens (tertiary/aromatic N) is 2. The molecular formula is C20H28N4O. The largest absolute Gasteiger partial charge is 0.338 e. The first-order valence-corrected chi connectivity index (χ1v) is 8.92. The molecule has 0 fully saturated rings. The number of hydrogen-bond acceptors (Lipinski definition) is 3. The summed E-state index contributed by atoms with van der Waals surface area (Å²) >= 11 is 0. The normalized spacial score (nSPS) is 10.7. The Hall–Kier alpha value is -2.40. The maximum absolute atomic E-state index is 11.9. The quantitative estimate of drug-likeness (QED) is 0.738. The van der Waals surface area contributed by atoms with Crippen LogP contribution in [0.2, 0.25) is 0 Å². The van der Waals surface area contributed by atoms with E-state index < -0.39 is 0 Å². The van der Waals surface area contributed by atoms with Crippen LogP contribution in [0.4, 0.5) is 4.79 Å². The molecule has 1 aromatic heterocycles. The molecule has 134 valence electrons. The molecule has 2 amide bonds. The highest BCUT2D eigenvalue weighted by molar-refractivity contribution is 5.73. The van der Waals surface area contributed by atoms with Gasteiger partial charge in [0.05, 0.1) is 0 Å². The number of aromatic nitrogens is 1. The van der Waals surface area contributed by atoms with E-state index >= 15 is 0 Å². The summed E-state index contributed by atoms with van der Waals surface area (Å²) in [7, 11) is 0. The zero-order valence-electron chi connectivity index (χ0n) is 15.2. The molecule has 25 heavy (non-hydrogen) atoms. The van der Waals surface area contributed by atoms with Gasteiger partial charge in [0, 0.05) is 32.0 Å². The van der Waals surface area contributed by atoms with Crippen LogP contribution in [-0.2, 0) is 19.5 Å². The van der Waals surface area contributed by atoms with Crippen LogP contribution in [0.15, 0.2) is 48.8 Å². The lowest BCUT2D eigenvalue weighted by molar-refractivity contribution is 0.240. The molecule has 0 aliphatic carbocycles. The lowest BCUT2D eigenvalue weighted by Crippen LogP contribution is -2.36. The van der Waals surface area contributed by atoms with Crippen LogP contribution >= 0.6 is 0 Å². The Labute approximate surface area is 150 Å². The van der Waals surface area contributed by atoms with Crippen molar-refractivity contribution >= 4 is 6.03 Å². The van der Waals surface area contributed by atoms with E-state index in [0.29, 0.717) is 13.1 Å². The number of pyridine rings is 1. The highest BCUT2D eigenvalue weighted by atomic mass is 16.2. The predicted octanol–water partition coefficient (Wildman–Crippen LogP) is 2.97.